The summed E-state index contributed by atoms with van der Waals surface area (Å²) >= 11 is 0. The van der Waals surface area contributed by atoms with Crippen LogP contribution < -0.4 is 10.5 Å². The highest BCUT2D eigenvalue weighted by Gasteiger charge is 2.18. The first-order valence-electron chi connectivity index (χ1n) is 6.26. The molecule has 0 aliphatic carbocycles. The van der Waals surface area contributed by atoms with Gasteiger partial charge < -0.3 is 5.73 Å². The quantitative estimate of drug-likeness (QED) is 0.854. The Morgan fingerprint density at radius 2 is 1.70 bits per heavy atom. The van der Waals surface area contributed by atoms with Crippen LogP contribution in [0.25, 0.3) is 0 Å². The summed E-state index contributed by atoms with van der Waals surface area (Å²) in [5.41, 5.74) is 9.49. The van der Waals surface area contributed by atoms with E-state index in [2.05, 4.69) is 4.72 Å². The number of benzene rings is 2. The van der Waals surface area contributed by atoms with Crippen molar-refractivity contribution in [2.45, 2.75) is 25.7 Å². The van der Waals surface area contributed by atoms with Crippen LogP contribution in [0.3, 0.4) is 0 Å². The Kier molecular flexibility index (Phi) is 3.72. The molecule has 106 valence electrons. The van der Waals surface area contributed by atoms with Gasteiger partial charge in [-0.1, -0.05) is 12.1 Å². The number of hydrogen-bond acceptors (Lipinski definition) is 3. The number of nitrogen functional groups attached to an aromatic ring is 1. The third-order valence-electron chi connectivity index (χ3n) is 3.37. The van der Waals surface area contributed by atoms with Crippen LogP contribution in [0.15, 0.2) is 41.3 Å². The molecule has 0 amide bonds. The molecule has 0 heterocycles. The van der Waals surface area contributed by atoms with Gasteiger partial charge in [-0.25, -0.2) is 8.42 Å². The molecule has 0 fully saturated rings. The summed E-state index contributed by atoms with van der Waals surface area (Å²) in [7, 11) is -3.63. The first-order valence-corrected chi connectivity index (χ1v) is 7.75. The summed E-state index contributed by atoms with van der Waals surface area (Å²) in [6.07, 6.45) is 0. The van der Waals surface area contributed by atoms with Crippen molar-refractivity contribution in [2.24, 2.45) is 0 Å². The van der Waals surface area contributed by atoms with E-state index in [1.54, 1.807) is 31.2 Å². The van der Waals surface area contributed by atoms with Crippen LogP contribution in [-0.2, 0) is 10.0 Å². The number of rotatable bonds is 3. The van der Waals surface area contributed by atoms with Gasteiger partial charge in [-0.15, -0.1) is 0 Å². The molecule has 0 radical (unpaired) electrons. The zero-order valence-corrected chi connectivity index (χ0v) is 12.6. The lowest BCUT2D eigenvalue weighted by molar-refractivity contribution is 0.600. The van der Waals surface area contributed by atoms with E-state index in [0.717, 1.165) is 11.1 Å². The third-order valence-corrected chi connectivity index (χ3v) is 4.90. The Hall–Kier alpha value is -2.01. The smallest absolute Gasteiger partial charge is 0.262 e. The predicted octanol–water partition coefficient (Wildman–Crippen LogP) is 2.99. The molecule has 0 bridgehead atoms. The van der Waals surface area contributed by atoms with Crippen molar-refractivity contribution in [3.63, 3.8) is 0 Å². The van der Waals surface area contributed by atoms with E-state index < -0.39 is 10.0 Å². The molecular weight excluding hydrogens is 272 g/mol. The van der Waals surface area contributed by atoms with Gasteiger partial charge in [0.1, 0.15) is 0 Å². The first kappa shape index (κ1) is 14.4. The van der Waals surface area contributed by atoms with Gasteiger partial charge in [0.2, 0.25) is 0 Å². The average molecular weight is 290 g/mol. The van der Waals surface area contributed by atoms with Crippen molar-refractivity contribution in [3.8, 4) is 0 Å². The average Bonchev–Trinajstić information content (AvgIpc) is 2.36. The van der Waals surface area contributed by atoms with Crippen molar-refractivity contribution in [3.05, 3.63) is 53.1 Å². The van der Waals surface area contributed by atoms with Gasteiger partial charge >= 0.3 is 0 Å². The van der Waals surface area contributed by atoms with Crippen LogP contribution in [0.2, 0.25) is 0 Å². The Morgan fingerprint density at radius 3 is 2.35 bits per heavy atom. The maximum Gasteiger partial charge on any atom is 0.262 e. The van der Waals surface area contributed by atoms with Gasteiger partial charge in [-0.3, -0.25) is 4.72 Å². The van der Waals surface area contributed by atoms with Crippen LogP contribution in [0, 0.1) is 20.8 Å². The minimum absolute atomic E-state index is 0.204. The molecule has 2 rings (SSSR count). The fourth-order valence-corrected chi connectivity index (χ4v) is 3.26. The minimum Gasteiger partial charge on any atom is -0.398 e. The lowest BCUT2D eigenvalue weighted by Gasteiger charge is -2.12. The lowest BCUT2D eigenvalue weighted by Crippen LogP contribution is -2.15. The Labute approximate surface area is 119 Å². The van der Waals surface area contributed by atoms with E-state index >= 15 is 0 Å². The van der Waals surface area contributed by atoms with Crippen molar-refractivity contribution in [1.29, 1.82) is 0 Å². The highest BCUT2D eigenvalue weighted by atomic mass is 32.2. The maximum atomic E-state index is 12.4. The van der Waals surface area contributed by atoms with Crippen molar-refractivity contribution < 1.29 is 8.42 Å². The van der Waals surface area contributed by atoms with Crippen LogP contribution in [-0.4, -0.2) is 8.42 Å². The maximum absolute atomic E-state index is 12.4. The van der Waals surface area contributed by atoms with E-state index in [-0.39, 0.29) is 4.90 Å². The molecule has 0 aliphatic rings. The number of anilines is 2. The summed E-state index contributed by atoms with van der Waals surface area (Å²) < 4.78 is 27.4. The summed E-state index contributed by atoms with van der Waals surface area (Å²) in [4.78, 5) is 0.204. The van der Waals surface area contributed by atoms with E-state index in [4.69, 9.17) is 5.73 Å². The highest BCUT2D eigenvalue weighted by Crippen LogP contribution is 2.24. The van der Waals surface area contributed by atoms with Gasteiger partial charge in [-0.2, -0.15) is 0 Å². The molecule has 20 heavy (non-hydrogen) atoms. The number of aryl methyl sites for hydroxylation is 2. The predicted molar refractivity (Wildman–Crippen MR) is 82.3 cm³/mol. The molecule has 4 nitrogen and oxygen atoms in total. The molecule has 0 aliphatic heterocycles. The number of sulfonamides is 1. The van der Waals surface area contributed by atoms with Crippen LogP contribution in [0.4, 0.5) is 11.4 Å². The van der Waals surface area contributed by atoms with Gasteiger partial charge in [0.15, 0.2) is 0 Å². The molecular formula is C15H18N2O2S. The zero-order valence-electron chi connectivity index (χ0n) is 11.8. The molecule has 0 saturated carbocycles. The molecule has 0 aromatic heterocycles. The van der Waals surface area contributed by atoms with Gasteiger partial charge in [-0.05, 0) is 61.7 Å². The second-order valence-electron chi connectivity index (χ2n) is 4.87. The molecule has 0 unspecified atom stereocenters. The van der Waals surface area contributed by atoms with E-state index in [1.807, 2.05) is 26.0 Å². The molecule has 0 atom stereocenters. The second-order valence-corrected chi connectivity index (χ2v) is 6.53. The highest BCUT2D eigenvalue weighted by molar-refractivity contribution is 7.92. The van der Waals surface area contributed by atoms with Crippen LogP contribution in [0.5, 0.6) is 0 Å². The molecule has 0 saturated heterocycles. The minimum atomic E-state index is -3.63. The molecule has 2 aromatic rings. The molecule has 2 aromatic carbocycles. The summed E-state index contributed by atoms with van der Waals surface area (Å²) in [6.45, 7) is 5.62. The normalized spacial score (nSPS) is 11.3. The van der Waals surface area contributed by atoms with E-state index in [9.17, 15) is 8.42 Å². The largest absolute Gasteiger partial charge is 0.398 e. The molecule has 3 N–H and O–H groups in total. The Morgan fingerprint density at radius 1 is 1.00 bits per heavy atom. The summed E-state index contributed by atoms with van der Waals surface area (Å²) in [5, 5.41) is 0. The summed E-state index contributed by atoms with van der Waals surface area (Å²) in [5.74, 6) is 0. The molecule has 0 spiro atoms. The fourth-order valence-electron chi connectivity index (χ4n) is 1.94. The zero-order chi connectivity index (χ0) is 14.9. The Bertz CT molecular complexity index is 752. The van der Waals surface area contributed by atoms with Crippen LogP contribution in [0.1, 0.15) is 16.7 Å². The second kappa shape index (κ2) is 5.17. The summed E-state index contributed by atoms with van der Waals surface area (Å²) in [6, 6.07) is 10.3. The monoisotopic (exact) mass is 290 g/mol. The van der Waals surface area contributed by atoms with Gasteiger partial charge in [0.25, 0.3) is 10.0 Å². The van der Waals surface area contributed by atoms with Crippen molar-refractivity contribution in [1.82, 2.24) is 0 Å². The van der Waals surface area contributed by atoms with Gasteiger partial charge in [0, 0.05) is 11.4 Å². The van der Waals surface area contributed by atoms with E-state index in [0.29, 0.717) is 16.9 Å². The van der Waals surface area contributed by atoms with Crippen molar-refractivity contribution in [2.75, 3.05) is 10.5 Å². The van der Waals surface area contributed by atoms with E-state index in [1.165, 1.54) is 0 Å². The number of hydrogen-bond donors (Lipinski definition) is 2. The number of nitrogens with one attached hydrogen (secondary N) is 1. The number of nitrogens with two attached hydrogens (primary N) is 1. The van der Waals surface area contributed by atoms with Crippen molar-refractivity contribution >= 4 is 21.4 Å². The third kappa shape index (κ3) is 2.77. The van der Waals surface area contributed by atoms with Crippen LogP contribution >= 0.6 is 0 Å². The standard InChI is InChI=1S/C15H18N2O2S/c1-10-7-8-13(9-11(10)2)17-20(18,19)15-6-4-5-14(16)12(15)3/h4-9,17H,16H2,1-3H3. The fraction of sp³-hybridized carbons (Fsp3) is 0.200. The first-order chi connectivity index (χ1) is 9.31. The molecule has 5 heteroatoms. The Balaban J connectivity index is 2.41. The topological polar surface area (TPSA) is 72.2 Å². The van der Waals surface area contributed by atoms with Gasteiger partial charge in [0.05, 0.1) is 4.90 Å². The lowest BCUT2D eigenvalue weighted by atomic mass is 10.1. The SMILES string of the molecule is Cc1ccc(NS(=O)(=O)c2cccc(N)c2C)cc1C.